The van der Waals surface area contributed by atoms with Crippen molar-refractivity contribution in [2.45, 2.75) is 5.41 Å². The third-order valence-corrected chi connectivity index (χ3v) is 3.79. The van der Waals surface area contributed by atoms with Gasteiger partial charge in [0.2, 0.25) is 0 Å². The van der Waals surface area contributed by atoms with Crippen LogP contribution in [0.25, 0.3) is 0 Å². The Hall–Kier alpha value is -1.42. The van der Waals surface area contributed by atoms with E-state index < -0.39 is 11.4 Å². The fourth-order valence-corrected chi connectivity index (χ4v) is 3.04. The molecule has 0 bridgehead atoms. The zero-order chi connectivity index (χ0) is 10.5. The van der Waals surface area contributed by atoms with Crippen LogP contribution in [0.2, 0.25) is 0 Å². The third-order valence-electron chi connectivity index (χ3n) is 3.79. The van der Waals surface area contributed by atoms with Crippen molar-refractivity contribution in [2.75, 3.05) is 13.1 Å². The molecule has 0 radical (unpaired) electrons. The molecule has 1 saturated heterocycles. The quantitative estimate of drug-likeness (QED) is 0.725. The fourth-order valence-electron chi connectivity index (χ4n) is 3.04. The minimum absolute atomic E-state index is 0.261. The minimum atomic E-state index is -0.690. The SMILES string of the molecule is O=C(O)C1(c2ccncc2)C2CNCC21. The van der Waals surface area contributed by atoms with Gasteiger partial charge in [0, 0.05) is 12.4 Å². The second-order valence-electron chi connectivity index (χ2n) is 4.28. The van der Waals surface area contributed by atoms with E-state index in [2.05, 4.69) is 10.3 Å². The molecule has 1 aliphatic heterocycles. The van der Waals surface area contributed by atoms with Gasteiger partial charge < -0.3 is 10.4 Å². The van der Waals surface area contributed by atoms with E-state index in [-0.39, 0.29) is 11.8 Å². The number of aromatic nitrogens is 1. The zero-order valence-electron chi connectivity index (χ0n) is 8.18. The number of pyridine rings is 1. The van der Waals surface area contributed by atoms with E-state index in [4.69, 9.17) is 0 Å². The van der Waals surface area contributed by atoms with Crippen molar-refractivity contribution >= 4 is 5.97 Å². The van der Waals surface area contributed by atoms with Gasteiger partial charge in [-0.3, -0.25) is 9.78 Å². The Balaban J connectivity index is 2.05. The van der Waals surface area contributed by atoms with Crippen LogP contribution < -0.4 is 5.32 Å². The molecule has 2 atom stereocenters. The van der Waals surface area contributed by atoms with Crippen LogP contribution in [0.4, 0.5) is 0 Å². The summed E-state index contributed by atoms with van der Waals surface area (Å²) in [5.41, 5.74) is 0.273. The van der Waals surface area contributed by atoms with Gasteiger partial charge >= 0.3 is 5.97 Å². The molecular formula is C11H12N2O2. The number of carbonyl (C=O) groups is 1. The average Bonchev–Trinajstić information content (AvgIpc) is 2.65. The molecule has 3 rings (SSSR count). The van der Waals surface area contributed by atoms with Gasteiger partial charge in [0.15, 0.2) is 0 Å². The van der Waals surface area contributed by atoms with Crippen molar-refractivity contribution in [2.24, 2.45) is 11.8 Å². The van der Waals surface area contributed by atoms with Crippen LogP contribution in [-0.4, -0.2) is 29.1 Å². The number of nitrogens with zero attached hydrogens (tertiary/aromatic N) is 1. The largest absolute Gasteiger partial charge is 0.481 e. The number of aliphatic carboxylic acids is 1. The average molecular weight is 204 g/mol. The van der Waals surface area contributed by atoms with Gasteiger partial charge in [-0.05, 0) is 42.6 Å². The number of rotatable bonds is 2. The van der Waals surface area contributed by atoms with E-state index in [1.807, 2.05) is 12.1 Å². The lowest BCUT2D eigenvalue weighted by Gasteiger charge is -2.16. The minimum Gasteiger partial charge on any atom is -0.481 e. The number of nitrogens with one attached hydrogen (secondary N) is 1. The van der Waals surface area contributed by atoms with Crippen molar-refractivity contribution in [1.82, 2.24) is 10.3 Å². The van der Waals surface area contributed by atoms with Gasteiger partial charge in [-0.1, -0.05) is 0 Å². The Morgan fingerprint density at radius 2 is 2.00 bits per heavy atom. The molecule has 1 aliphatic carbocycles. The number of carboxylic acids is 1. The highest BCUT2D eigenvalue weighted by molar-refractivity contribution is 5.87. The highest BCUT2D eigenvalue weighted by atomic mass is 16.4. The van der Waals surface area contributed by atoms with Crippen molar-refractivity contribution in [3.8, 4) is 0 Å². The standard InChI is InChI=1S/C11H12N2O2/c14-10(15)11(7-1-3-12-4-2-7)8-5-13-6-9(8)11/h1-4,8-9,13H,5-6H2,(H,14,15). The van der Waals surface area contributed by atoms with Gasteiger partial charge in [-0.25, -0.2) is 0 Å². The highest BCUT2D eigenvalue weighted by Crippen LogP contribution is 2.61. The first kappa shape index (κ1) is 8.85. The van der Waals surface area contributed by atoms with Gasteiger partial charge in [0.25, 0.3) is 0 Å². The molecule has 2 aliphatic rings. The second kappa shape index (κ2) is 2.79. The molecule has 1 saturated carbocycles. The summed E-state index contributed by atoms with van der Waals surface area (Å²) in [5.74, 6) is -0.167. The Morgan fingerprint density at radius 3 is 2.53 bits per heavy atom. The summed E-state index contributed by atoms with van der Waals surface area (Å²) in [5, 5.41) is 12.6. The summed E-state index contributed by atoms with van der Waals surface area (Å²) in [4.78, 5) is 15.4. The molecule has 2 fully saturated rings. The lowest BCUT2D eigenvalue weighted by molar-refractivity contribution is -0.141. The van der Waals surface area contributed by atoms with Crippen LogP contribution in [0.1, 0.15) is 5.56 Å². The van der Waals surface area contributed by atoms with Crippen molar-refractivity contribution in [1.29, 1.82) is 0 Å². The lowest BCUT2D eigenvalue weighted by atomic mass is 9.91. The molecule has 78 valence electrons. The van der Waals surface area contributed by atoms with Gasteiger partial charge in [0.05, 0.1) is 0 Å². The highest BCUT2D eigenvalue weighted by Gasteiger charge is 2.72. The van der Waals surface area contributed by atoms with Crippen LogP contribution in [-0.2, 0) is 10.2 Å². The van der Waals surface area contributed by atoms with Crippen LogP contribution >= 0.6 is 0 Å². The topological polar surface area (TPSA) is 62.2 Å². The van der Waals surface area contributed by atoms with E-state index in [0.29, 0.717) is 0 Å². The molecule has 4 nitrogen and oxygen atoms in total. The molecule has 2 heterocycles. The first-order valence-electron chi connectivity index (χ1n) is 5.12. The number of fused-ring (bicyclic) bond motifs is 1. The van der Waals surface area contributed by atoms with Gasteiger partial charge in [-0.15, -0.1) is 0 Å². The predicted octanol–water partition coefficient (Wildman–Crippen LogP) is 0.253. The molecule has 0 aromatic carbocycles. The van der Waals surface area contributed by atoms with Crippen molar-refractivity contribution < 1.29 is 9.90 Å². The molecule has 1 aromatic heterocycles. The number of hydrogen-bond acceptors (Lipinski definition) is 3. The maximum atomic E-state index is 11.4. The summed E-state index contributed by atoms with van der Waals surface area (Å²) >= 11 is 0. The smallest absolute Gasteiger partial charge is 0.314 e. The number of hydrogen-bond donors (Lipinski definition) is 2. The Morgan fingerprint density at radius 1 is 1.40 bits per heavy atom. The van der Waals surface area contributed by atoms with E-state index in [0.717, 1.165) is 18.7 Å². The first-order valence-corrected chi connectivity index (χ1v) is 5.12. The fraction of sp³-hybridized carbons (Fsp3) is 0.455. The summed E-state index contributed by atoms with van der Waals surface area (Å²) < 4.78 is 0. The van der Waals surface area contributed by atoms with Crippen LogP contribution in [0.15, 0.2) is 24.5 Å². The summed E-state index contributed by atoms with van der Waals surface area (Å²) in [7, 11) is 0. The molecule has 0 spiro atoms. The van der Waals surface area contributed by atoms with E-state index >= 15 is 0 Å². The Labute approximate surface area is 87.3 Å². The summed E-state index contributed by atoms with van der Waals surface area (Å²) in [6.45, 7) is 1.64. The van der Waals surface area contributed by atoms with E-state index in [9.17, 15) is 9.90 Å². The molecule has 4 heteroatoms. The molecular weight excluding hydrogens is 192 g/mol. The van der Waals surface area contributed by atoms with Crippen molar-refractivity contribution in [3.63, 3.8) is 0 Å². The van der Waals surface area contributed by atoms with Crippen LogP contribution in [0.3, 0.4) is 0 Å². The molecule has 15 heavy (non-hydrogen) atoms. The maximum Gasteiger partial charge on any atom is 0.314 e. The van der Waals surface area contributed by atoms with E-state index in [1.54, 1.807) is 12.4 Å². The van der Waals surface area contributed by atoms with Crippen molar-refractivity contribution in [3.05, 3.63) is 30.1 Å². The third kappa shape index (κ3) is 0.946. The predicted molar refractivity (Wildman–Crippen MR) is 53.4 cm³/mol. The molecule has 1 aromatic rings. The number of carboxylic acid groups (broad SMARTS) is 1. The monoisotopic (exact) mass is 204 g/mol. The number of piperidine rings is 1. The molecule has 2 N–H and O–H groups in total. The molecule has 0 amide bonds. The van der Waals surface area contributed by atoms with Gasteiger partial charge in [0.1, 0.15) is 5.41 Å². The Bertz CT molecular complexity index is 394. The summed E-state index contributed by atoms with van der Waals surface area (Å²) in [6, 6.07) is 3.65. The summed E-state index contributed by atoms with van der Waals surface area (Å²) in [6.07, 6.45) is 3.34. The second-order valence-corrected chi connectivity index (χ2v) is 4.28. The van der Waals surface area contributed by atoms with Crippen LogP contribution in [0.5, 0.6) is 0 Å². The maximum absolute atomic E-state index is 11.4. The van der Waals surface area contributed by atoms with Crippen LogP contribution in [0, 0.1) is 11.8 Å². The van der Waals surface area contributed by atoms with Gasteiger partial charge in [-0.2, -0.15) is 0 Å². The molecule has 2 unspecified atom stereocenters. The zero-order valence-corrected chi connectivity index (χ0v) is 8.18. The Kier molecular flexibility index (Phi) is 1.65. The lowest BCUT2D eigenvalue weighted by Crippen LogP contribution is -2.32. The normalized spacial score (nSPS) is 37.3. The van der Waals surface area contributed by atoms with E-state index in [1.165, 1.54) is 0 Å². The first-order chi connectivity index (χ1) is 7.28.